The molecule has 4 unspecified atom stereocenters. The number of hydrogen-bond acceptors (Lipinski definition) is 11. The molecule has 1 heterocycles. The Morgan fingerprint density at radius 2 is 1.80 bits per heavy atom. The average molecular weight is 593 g/mol. The number of rotatable bonds is 4. The van der Waals surface area contributed by atoms with Crippen LogP contribution in [0.25, 0.3) is 0 Å². The first-order valence-corrected chi connectivity index (χ1v) is 12.9. The summed E-state index contributed by atoms with van der Waals surface area (Å²) in [6.45, 7) is 3.11. The lowest BCUT2D eigenvalue weighted by molar-refractivity contribution is -0.757. The first-order chi connectivity index (χ1) is 18.8. The number of carbonyl (C=O) groups excluding carboxylic acids is 2. The quantitative estimate of drug-likeness (QED) is 0.0641. The molecule has 12 nitrogen and oxygen atoms in total. The molecule has 2 aromatic rings. The van der Waals surface area contributed by atoms with Crippen molar-refractivity contribution in [2.45, 2.75) is 69.4 Å². The summed E-state index contributed by atoms with van der Waals surface area (Å²) in [4.78, 5) is 27.3. The number of hydrogen-bond donors (Lipinski definition) is 6. The number of methoxy groups -OCH3 is 1. The lowest BCUT2D eigenvalue weighted by Crippen LogP contribution is -3.00. The summed E-state index contributed by atoms with van der Waals surface area (Å²) < 4.78 is 18.0. The number of benzene rings is 2. The van der Waals surface area contributed by atoms with Crippen LogP contribution in [0.2, 0.25) is 0 Å². The molecule has 2 aliphatic carbocycles. The summed E-state index contributed by atoms with van der Waals surface area (Å²) in [5.74, 6) is -2.45. The molecule has 0 aromatic heterocycles. The van der Waals surface area contributed by atoms with Gasteiger partial charge < -0.3 is 52.8 Å². The molecule has 41 heavy (non-hydrogen) atoms. The highest BCUT2D eigenvalue weighted by atomic mass is 35.5. The van der Waals surface area contributed by atoms with E-state index >= 15 is 0 Å². The van der Waals surface area contributed by atoms with Gasteiger partial charge in [-0.3, -0.25) is 14.8 Å². The molecule has 0 bridgehead atoms. The van der Waals surface area contributed by atoms with Gasteiger partial charge in [-0.05, 0) is 17.7 Å². The van der Waals surface area contributed by atoms with Gasteiger partial charge in [-0.2, -0.15) is 0 Å². The van der Waals surface area contributed by atoms with Crippen molar-refractivity contribution in [3.05, 3.63) is 51.6 Å². The maximum Gasteiger partial charge on any atom is 0.232 e. The number of ether oxygens (including phenoxy) is 3. The standard InChI is InChI=1S/C28H32N2O10.ClH/c1-11-23(31)15(29)8-18(39-11)40-17-10-28(36,12(2)30(3)37)9-14-20(17)27(35)22-21(25(14)33)24(32)13-6-5-7-16(38-4)19(13)26(22)34;/h5-7,11,15,17-18,23,31,36H,8-10,29H2,1-4H3,(H2-,32,33,34,35,37);1H/b30-12+;/t11?,15?,17-,18?,23?,28-;/m0./s1. The highest BCUT2D eigenvalue weighted by molar-refractivity contribution is 6.31. The fourth-order valence-electron chi connectivity index (χ4n) is 5.97. The number of fused-ring (bicyclic) bond motifs is 3. The molecule has 3 aliphatic rings. The van der Waals surface area contributed by atoms with E-state index in [1.807, 2.05) is 0 Å². The molecule has 0 spiro atoms. The molecular weight excluding hydrogens is 560 g/mol. The van der Waals surface area contributed by atoms with Crippen molar-refractivity contribution >= 4 is 17.3 Å². The zero-order valence-corrected chi connectivity index (χ0v) is 23.7. The van der Waals surface area contributed by atoms with Crippen molar-refractivity contribution in [1.82, 2.24) is 0 Å². The number of ketones is 2. The van der Waals surface area contributed by atoms with Crippen molar-refractivity contribution in [1.29, 1.82) is 0 Å². The largest absolute Gasteiger partial charge is 1.00 e. The number of nitrogens with zero attached hydrogens (tertiary/aromatic N) is 1. The third-order valence-corrected chi connectivity index (χ3v) is 8.30. The Labute approximate surface area is 241 Å². The van der Waals surface area contributed by atoms with E-state index in [0.29, 0.717) is 0 Å². The molecule has 0 radical (unpaired) electrons. The molecule has 0 amide bonds. The Hall–Kier alpha value is -3.26. The Morgan fingerprint density at radius 1 is 1.15 bits per heavy atom. The van der Waals surface area contributed by atoms with Crippen LogP contribution in [0.1, 0.15) is 75.8 Å². The van der Waals surface area contributed by atoms with Gasteiger partial charge in [0.2, 0.25) is 11.5 Å². The second-order valence-corrected chi connectivity index (χ2v) is 10.7. The van der Waals surface area contributed by atoms with Gasteiger partial charge in [0.1, 0.15) is 17.2 Å². The van der Waals surface area contributed by atoms with Crippen molar-refractivity contribution in [3.63, 3.8) is 0 Å². The van der Waals surface area contributed by atoms with Crippen LogP contribution in [-0.2, 0) is 15.9 Å². The summed E-state index contributed by atoms with van der Waals surface area (Å²) in [5, 5.41) is 55.1. The van der Waals surface area contributed by atoms with Crippen LogP contribution in [0.5, 0.6) is 17.2 Å². The first kappa shape index (κ1) is 30.7. The molecule has 7 N–H and O–H groups in total. The van der Waals surface area contributed by atoms with Crippen LogP contribution in [0, 0.1) is 0 Å². The zero-order valence-electron chi connectivity index (χ0n) is 22.9. The van der Waals surface area contributed by atoms with Gasteiger partial charge in [0, 0.05) is 48.9 Å². The molecule has 5 rings (SSSR count). The van der Waals surface area contributed by atoms with Gasteiger partial charge in [0.25, 0.3) is 0 Å². The molecule has 1 saturated heterocycles. The predicted octanol–water partition coefficient (Wildman–Crippen LogP) is -2.06. The fraction of sp³-hybridized carbons (Fsp3) is 0.464. The van der Waals surface area contributed by atoms with Crippen LogP contribution in [-0.4, -0.2) is 91.9 Å². The van der Waals surface area contributed by atoms with Crippen LogP contribution < -0.4 is 22.9 Å². The first-order valence-electron chi connectivity index (χ1n) is 12.9. The Morgan fingerprint density at radius 3 is 2.41 bits per heavy atom. The summed E-state index contributed by atoms with van der Waals surface area (Å²) in [7, 11) is 2.67. The number of nitrogens with two attached hydrogens (primary N) is 1. The molecule has 1 aliphatic heterocycles. The smallest absolute Gasteiger partial charge is 0.232 e. The Kier molecular flexibility index (Phi) is 8.13. The molecule has 13 heteroatoms. The van der Waals surface area contributed by atoms with E-state index < -0.39 is 70.4 Å². The minimum absolute atomic E-state index is 0. The molecule has 1 fully saturated rings. The second kappa shape index (κ2) is 10.9. The average Bonchev–Trinajstić information content (AvgIpc) is 2.90. The van der Waals surface area contributed by atoms with Crippen LogP contribution in [0.3, 0.4) is 0 Å². The lowest BCUT2D eigenvalue weighted by Gasteiger charge is -2.41. The Balaban J connectivity index is 0.00000387. The number of phenols is 2. The highest BCUT2D eigenvalue weighted by Crippen LogP contribution is 2.52. The van der Waals surface area contributed by atoms with E-state index in [-0.39, 0.29) is 65.4 Å². The molecule has 0 saturated carbocycles. The van der Waals surface area contributed by atoms with E-state index in [1.54, 1.807) is 6.92 Å². The van der Waals surface area contributed by atoms with E-state index in [0.717, 1.165) is 4.74 Å². The maximum absolute atomic E-state index is 13.7. The predicted molar refractivity (Wildman–Crippen MR) is 138 cm³/mol. The van der Waals surface area contributed by atoms with E-state index in [1.165, 1.54) is 39.3 Å². The van der Waals surface area contributed by atoms with Crippen LogP contribution in [0.15, 0.2) is 18.2 Å². The second-order valence-electron chi connectivity index (χ2n) is 10.7. The maximum atomic E-state index is 13.7. The number of aromatic hydroxyl groups is 2. The van der Waals surface area contributed by atoms with Crippen molar-refractivity contribution in [2.24, 2.45) is 5.73 Å². The summed E-state index contributed by atoms with van der Waals surface area (Å²) in [6, 6.07) is 3.80. The number of halogens is 1. The van der Waals surface area contributed by atoms with Crippen molar-refractivity contribution in [3.8, 4) is 17.2 Å². The Bertz CT molecular complexity index is 1440. The monoisotopic (exact) mass is 592 g/mol. The summed E-state index contributed by atoms with van der Waals surface area (Å²) in [6.07, 6.45) is -4.20. The summed E-state index contributed by atoms with van der Waals surface area (Å²) >= 11 is 0. The minimum Gasteiger partial charge on any atom is -1.00 e. The van der Waals surface area contributed by atoms with Gasteiger partial charge in [0.15, 0.2) is 24.7 Å². The lowest BCUT2D eigenvalue weighted by atomic mass is 9.71. The van der Waals surface area contributed by atoms with Gasteiger partial charge >= 0.3 is 0 Å². The molecule has 222 valence electrons. The van der Waals surface area contributed by atoms with E-state index in [9.17, 15) is 35.2 Å². The number of hydroxylamine groups is 1. The van der Waals surface area contributed by atoms with Gasteiger partial charge in [-0.15, -0.1) is 0 Å². The van der Waals surface area contributed by atoms with Crippen LogP contribution >= 0.6 is 0 Å². The SMILES string of the molecule is COc1cccc2c1C(=O)c1c(O)c3c(c(O)c1C2=O)C[C@@](O)(/C(C)=[N+](\C)O)C[C@@H]3OC1CC(N)C(O)C(C)O1.[Cl-]. The van der Waals surface area contributed by atoms with Gasteiger partial charge in [-0.25, -0.2) is 0 Å². The van der Waals surface area contributed by atoms with Crippen LogP contribution in [0.4, 0.5) is 0 Å². The molecular formula is C28H33ClN2O10. The minimum atomic E-state index is -1.79. The van der Waals surface area contributed by atoms with E-state index in [2.05, 4.69) is 0 Å². The highest BCUT2D eigenvalue weighted by Gasteiger charge is 2.51. The van der Waals surface area contributed by atoms with Gasteiger partial charge in [0.05, 0.1) is 42.1 Å². The van der Waals surface area contributed by atoms with Crippen molar-refractivity contribution < 1.29 is 66.6 Å². The third kappa shape index (κ3) is 4.74. The fourth-order valence-corrected chi connectivity index (χ4v) is 5.97. The number of phenolic OH excluding ortho intramolecular Hbond substituents is 2. The number of carbonyl (C=O) groups is 2. The topological polar surface area (TPSA) is 192 Å². The normalized spacial score (nSPS) is 29.5. The number of aliphatic hydroxyl groups is 2. The summed E-state index contributed by atoms with van der Waals surface area (Å²) in [5.41, 5.74) is 3.54. The zero-order chi connectivity index (χ0) is 29.3. The third-order valence-electron chi connectivity index (χ3n) is 8.30. The number of aliphatic hydroxyl groups excluding tert-OH is 1. The van der Waals surface area contributed by atoms with E-state index in [4.69, 9.17) is 19.9 Å². The molecule has 2 aromatic carbocycles. The molecule has 6 atom stereocenters. The van der Waals surface area contributed by atoms with Crippen molar-refractivity contribution in [2.75, 3.05) is 14.2 Å². The van der Waals surface area contributed by atoms with Gasteiger partial charge in [-0.1, -0.05) is 12.1 Å².